The van der Waals surface area contributed by atoms with Gasteiger partial charge in [0.25, 0.3) is 0 Å². The van der Waals surface area contributed by atoms with Gasteiger partial charge in [0.05, 0.1) is 0 Å². The van der Waals surface area contributed by atoms with Crippen molar-refractivity contribution < 1.29 is 0 Å². The standard InChI is InChI=1S/C9H16S/c1-9(2,3)8-6-4-5-7-10-8/h6H,4-5,7H2,1-3H3. The van der Waals surface area contributed by atoms with Gasteiger partial charge in [0, 0.05) is 0 Å². The second-order valence-electron chi connectivity index (χ2n) is 3.81. The van der Waals surface area contributed by atoms with Gasteiger partial charge in [0.15, 0.2) is 0 Å². The highest BCUT2D eigenvalue weighted by Crippen LogP contribution is 2.37. The fourth-order valence-electron chi connectivity index (χ4n) is 1.08. The lowest BCUT2D eigenvalue weighted by Gasteiger charge is -2.24. The zero-order chi connectivity index (χ0) is 7.61. The van der Waals surface area contributed by atoms with Crippen LogP contribution in [0.3, 0.4) is 0 Å². The normalized spacial score (nSPS) is 20.5. The lowest BCUT2D eigenvalue weighted by atomic mass is 9.95. The van der Waals surface area contributed by atoms with Gasteiger partial charge in [-0.3, -0.25) is 0 Å². The monoisotopic (exact) mass is 156 g/mol. The molecule has 0 bridgehead atoms. The Balaban J connectivity index is 2.62. The molecule has 58 valence electrons. The summed E-state index contributed by atoms with van der Waals surface area (Å²) < 4.78 is 0. The van der Waals surface area contributed by atoms with Crippen molar-refractivity contribution in [3.8, 4) is 0 Å². The van der Waals surface area contributed by atoms with Crippen molar-refractivity contribution in [3.05, 3.63) is 11.0 Å². The van der Waals surface area contributed by atoms with Crippen LogP contribution in [0.4, 0.5) is 0 Å². The van der Waals surface area contributed by atoms with Crippen LogP contribution in [-0.2, 0) is 0 Å². The fraction of sp³-hybridized carbons (Fsp3) is 0.778. The molecule has 0 saturated heterocycles. The molecule has 0 nitrogen and oxygen atoms in total. The Morgan fingerprint density at radius 1 is 1.40 bits per heavy atom. The number of hydrogen-bond donors (Lipinski definition) is 0. The minimum absolute atomic E-state index is 0.394. The predicted molar refractivity (Wildman–Crippen MR) is 49.2 cm³/mol. The highest BCUT2D eigenvalue weighted by Gasteiger charge is 2.18. The van der Waals surface area contributed by atoms with Gasteiger partial charge >= 0.3 is 0 Å². The molecule has 10 heavy (non-hydrogen) atoms. The molecular weight excluding hydrogens is 140 g/mol. The highest BCUT2D eigenvalue weighted by molar-refractivity contribution is 8.03. The van der Waals surface area contributed by atoms with Gasteiger partial charge in [-0.15, -0.1) is 11.8 Å². The minimum Gasteiger partial charge on any atom is -0.130 e. The van der Waals surface area contributed by atoms with Crippen LogP contribution in [0.5, 0.6) is 0 Å². The summed E-state index contributed by atoms with van der Waals surface area (Å²) in [4.78, 5) is 1.58. The first-order valence-corrected chi connectivity index (χ1v) is 4.93. The van der Waals surface area contributed by atoms with Gasteiger partial charge in [-0.1, -0.05) is 26.8 Å². The van der Waals surface area contributed by atoms with Crippen LogP contribution in [0, 0.1) is 5.41 Å². The molecule has 0 atom stereocenters. The molecule has 0 radical (unpaired) electrons. The summed E-state index contributed by atoms with van der Waals surface area (Å²) in [7, 11) is 0. The van der Waals surface area contributed by atoms with Gasteiger partial charge in [0.1, 0.15) is 0 Å². The molecule has 0 spiro atoms. The molecule has 0 saturated carbocycles. The van der Waals surface area contributed by atoms with E-state index in [1.165, 1.54) is 18.6 Å². The summed E-state index contributed by atoms with van der Waals surface area (Å²) in [5.74, 6) is 1.32. The van der Waals surface area contributed by atoms with Crippen molar-refractivity contribution >= 4 is 11.8 Å². The Morgan fingerprint density at radius 2 is 2.10 bits per heavy atom. The molecule has 0 aromatic carbocycles. The van der Waals surface area contributed by atoms with E-state index in [-0.39, 0.29) is 0 Å². The summed E-state index contributed by atoms with van der Waals surface area (Å²) in [6.07, 6.45) is 5.05. The molecule has 0 fully saturated rings. The Hall–Kier alpha value is 0.0900. The van der Waals surface area contributed by atoms with E-state index in [2.05, 4.69) is 26.8 Å². The van der Waals surface area contributed by atoms with Crippen LogP contribution in [0.2, 0.25) is 0 Å². The molecule has 0 amide bonds. The maximum Gasteiger partial charge on any atom is -0.00202 e. The number of allylic oxidation sites excluding steroid dienone is 2. The van der Waals surface area contributed by atoms with Gasteiger partial charge in [-0.25, -0.2) is 0 Å². The van der Waals surface area contributed by atoms with Gasteiger partial charge in [0.2, 0.25) is 0 Å². The highest BCUT2D eigenvalue weighted by atomic mass is 32.2. The van der Waals surface area contributed by atoms with Crippen LogP contribution >= 0.6 is 11.8 Å². The molecule has 1 rings (SSSR count). The third-order valence-corrected chi connectivity index (χ3v) is 3.26. The van der Waals surface area contributed by atoms with Crippen LogP contribution < -0.4 is 0 Å². The molecule has 0 unspecified atom stereocenters. The zero-order valence-electron chi connectivity index (χ0n) is 7.11. The first-order valence-electron chi connectivity index (χ1n) is 3.94. The predicted octanol–water partition coefficient (Wildman–Crippen LogP) is 3.44. The van der Waals surface area contributed by atoms with Crippen LogP contribution in [0.1, 0.15) is 33.6 Å². The molecule has 0 aromatic rings. The molecule has 1 heterocycles. The second-order valence-corrected chi connectivity index (χ2v) is 4.95. The average Bonchev–Trinajstić information content (AvgIpc) is 1.88. The maximum absolute atomic E-state index is 2.40. The second kappa shape index (κ2) is 3.00. The Morgan fingerprint density at radius 3 is 2.40 bits per heavy atom. The fourth-order valence-corrected chi connectivity index (χ4v) is 2.28. The number of thioether (sulfide) groups is 1. The Labute approximate surface area is 68.1 Å². The average molecular weight is 156 g/mol. The zero-order valence-corrected chi connectivity index (χ0v) is 7.92. The van der Waals surface area contributed by atoms with E-state index >= 15 is 0 Å². The molecule has 0 N–H and O–H groups in total. The van der Waals surface area contributed by atoms with Gasteiger partial charge < -0.3 is 0 Å². The number of rotatable bonds is 0. The summed E-state index contributed by atoms with van der Waals surface area (Å²) in [6, 6.07) is 0. The number of hydrogen-bond acceptors (Lipinski definition) is 1. The summed E-state index contributed by atoms with van der Waals surface area (Å²) in [6.45, 7) is 6.87. The van der Waals surface area contributed by atoms with Crippen molar-refractivity contribution in [3.63, 3.8) is 0 Å². The van der Waals surface area contributed by atoms with Gasteiger partial charge in [-0.2, -0.15) is 0 Å². The largest absolute Gasteiger partial charge is 0.130 e. The van der Waals surface area contributed by atoms with Crippen LogP contribution in [0.15, 0.2) is 11.0 Å². The Kier molecular flexibility index (Phi) is 2.45. The SMILES string of the molecule is CC(C)(C)C1=CCCCS1. The molecular formula is C9H16S. The summed E-state index contributed by atoms with van der Waals surface area (Å²) in [5.41, 5.74) is 0.394. The first-order chi connectivity index (χ1) is 4.61. The summed E-state index contributed by atoms with van der Waals surface area (Å²) >= 11 is 2.03. The maximum atomic E-state index is 2.40. The van der Waals surface area contributed by atoms with E-state index in [4.69, 9.17) is 0 Å². The third kappa shape index (κ3) is 2.05. The van der Waals surface area contributed by atoms with Gasteiger partial charge in [-0.05, 0) is 28.9 Å². The van der Waals surface area contributed by atoms with E-state index in [1.807, 2.05) is 11.8 Å². The van der Waals surface area contributed by atoms with E-state index < -0.39 is 0 Å². The van der Waals surface area contributed by atoms with E-state index in [0.717, 1.165) is 0 Å². The van der Waals surface area contributed by atoms with E-state index in [9.17, 15) is 0 Å². The lowest BCUT2D eigenvalue weighted by molar-refractivity contribution is 0.529. The van der Waals surface area contributed by atoms with E-state index in [0.29, 0.717) is 5.41 Å². The van der Waals surface area contributed by atoms with Crippen LogP contribution in [-0.4, -0.2) is 5.75 Å². The Bertz CT molecular complexity index is 139. The topological polar surface area (TPSA) is 0 Å². The summed E-state index contributed by atoms with van der Waals surface area (Å²) in [5, 5.41) is 0. The van der Waals surface area contributed by atoms with Crippen molar-refractivity contribution in [2.24, 2.45) is 5.41 Å². The van der Waals surface area contributed by atoms with Crippen molar-refractivity contribution in [1.29, 1.82) is 0 Å². The molecule has 0 aromatic heterocycles. The van der Waals surface area contributed by atoms with Crippen molar-refractivity contribution in [2.75, 3.05) is 5.75 Å². The molecule has 0 aliphatic carbocycles. The molecule has 1 heteroatoms. The quantitative estimate of drug-likeness (QED) is 0.517. The molecule has 1 aliphatic heterocycles. The van der Waals surface area contributed by atoms with E-state index in [1.54, 1.807) is 4.91 Å². The van der Waals surface area contributed by atoms with Crippen molar-refractivity contribution in [2.45, 2.75) is 33.6 Å². The minimum atomic E-state index is 0.394. The smallest absolute Gasteiger partial charge is 0.00202 e. The van der Waals surface area contributed by atoms with Crippen LogP contribution in [0.25, 0.3) is 0 Å². The molecule has 1 aliphatic rings. The first kappa shape index (κ1) is 8.19. The lowest BCUT2D eigenvalue weighted by Crippen LogP contribution is -2.09. The van der Waals surface area contributed by atoms with Crippen molar-refractivity contribution in [1.82, 2.24) is 0 Å². The third-order valence-electron chi connectivity index (χ3n) is 1.67.